The maximum Gasteiger partial charge on any atom is 0.345 e. The minimum Gasteiger partial charge on any atom is -0.504 e. The molecular weight excluding hydrogens is 460 g/mol. The molecule has 0 bridgehead atoms. The summed E-state index contributed by atoms with van der Waals surface area (Å²) in [7, 11) is 0. The van der Waals surface area contributed by atoms with Gasteiger partial charge in [-0.15, -0.1) is 0 Å². The Kier molecular flexibility index (Phi) is 3.84. The highest BCUT2D eigenvalue weighted by atomic mass is 16.4. The fraction of sp³-hybridized carbons (Fsp3) is 0. The molecule has 0 radical (unpaired) electrons. The van der Waals surface area contributed by atoms with Crippen LogP contribution in [0.1, 0.15) is 10.4 Å². The number of carbonyl (C=O) groups is 1. The summed E-state index contributed by atoms with van der Waals surface area (Å²) in [4.78, 5) is 37.3. The Balaban J connectivity index is 2.18. The minimum absolute atomic E-state index is 0.341. The molecular formula is C21H10O13. The third-order valence-electron chi connectivity index (χ3n) is 5.44. The fourth-order valence-corrected chi connectivity index (χ4v) is 3.99. The Morgan fingerprint density at radius 2 is 1.18 bits per heavy atom. The van der Waals surface area contributed by atoms with E-state index in [1.54, 1.807) is 0 Å². The third-order valence-corrected chi connectivity index (χ3v) is 5.44. The molecule has 2 heterocycles. The van der Waals surface area contributed by atoms with Crippen LogP contribution in [0.5, 0.6) is 40.2 Å². The van der Waals surface area contributed by atoms with Crippen LogP contribution in [0.4, 0.5) is 0 Å². The maximum atomic E-state index is 13.0. The minimum atomic E-state index is -1.77. The number of phenolic OH excluding ortho intramolecular Hbond substituents is 7. The Hall–Kier alpha value is -5.33. The van der Waals surface area contributed by atoms with E-state index in [-0.39, 0.29) is 5.39 Å². The maximum absolute atomic E-state index is 13.0. The van der Waals surface area contributed by atoms with Gasteiger partial charge in [-0.05, 0) is 12.1 Å². The van der Waals surface area contributed by atoms with Crippen molar-refractivity contribution in [1.29, 1.82) is 0 Å². The molecule has 0 aliphatic heterocycles. The number of hydrogen-bond acceptors (Lipinski definition) is 12. The zero-order valence-corrected chi connectivity index (χ0v) is 16.3. The SMILES string of the molecule is O=C(O)c1cc(O)c(O)c(O)c1-c1c(O)c(O)c2oc(=O)c3cc(O)c(O)c4oc(=O)c1c2c43. The summed E-state index contributed by atoms with van der Waals surface area (Å²) >= 11 is 0. The van der Waals surface area contributed by atoms with Gasteiger partial charge in [-0.2, -0.15) is 0 Å². The first kappa shape index (κ1) is 20.6. The number of rotatable bonds is 2. The molecule has 0 saturated heterocycles. The number of aromatic hydroxyl groups is 7. The van der Waals surface area contributed by atoms with Gasteiger partial charge in [-0.3, -0.25) is 0 Å². The summed E-state index contributed by atoms with van der Waals surface area (Å²) in [5.74, 6) is -9.49. The van der Waals surface area contributed by atoms with Crippen molar-refractivity contribution in [3.05, 3.63) is 38.5 Å². The Labute approximate surface area is 183 Å². The summed E-state index contributed by atoms with van der Waals surface area (Å²) in [6.45, 7) is 0. The number of aromatic carboxylic acids is 1. The van der Waals surface area contributed by atoms with Gasteiger partial charge in [0.2, 0.25) is 17.2 Å². The van der Waals surface area contributed by atoms with Crippen LogP contribution in [0.15, 0.2) is 30.6 Å². The molecule has 2 aromatic heterocycles. The van der Waals surface area contributed by atoms with E-state index in [4.69, 9.17) is 8.83 Å². The lowest BCUT2D eigenvalue weighted by Crippen LogP contribution is -2.09. The highest BCUT2D eigenvalue weighted by Gasteiger charge is 2.33. The van der Waals surface area contributed by atoms with E-state index in [0.717, 1.165) is 6.07 Å². The van der Waals surface area contributed by atoms with Crippen LogP contribution in [0.3, 0.4) is 0 Å². The second-order valence-electron chi connectivity index (χ2n) is 7.25. The molecule has 8 N–H and O–H groups in total. The largest absolute Gasteiger partial charge is 0.504 e. The van der Waals surface area contributed by atoms with E-state index in [1.807, 2.05) is 0 Å². The van der Waals surface area contributed by atoms with Crippen LogP contribution in [0.2, 0.25) is 0 Å². The molecule has 13 nitrogen and oxygen atoms in total. The molecule has 0 amide bonds. The van der Waals surface area contributed by atoms with Crippen molar-refractivity contribution in [3.63, 3.8) is 0 Å². The average molecular weight is 470 g/mol. The molecule has 172 valence electrons. The van der Waals surface area contributed by atoms with Crippen molar-refractivity contribution < 1.29 is 54.5 Å². The number of carboxylic acids is 1. The second kappa shape index (κ2) is 6.35. The van der Waals surface area contributed by atoms with Crippen molar-refractivity contribution in [2.75, 3.05) is 0 Å². The molecule has 0 aliphatic rings. The van der Waals surface area contributed by atoms with Gasteiger partial charge in [0.05, 0.1) is 16.3 Å². The van der Waals surface area contributed by atoms with Gasteiger partial charge >= 0.3 is 17.2 Å². The van der Waals surface area contributed by atoms with Crippen molar-refractivity contribution in [1.82, 2.24) is 0 Å². The van der Waals surface area contributed by atoms with Crippen LogP contribution < -0.4 is 11.3 Å². The van der Waals surface area contributed by atoms with Gasteiger partial charge in [0.1, 0.15) is 0 Å². The average Bonchev–Trinajstić information content (AvgIpc) is 2.78. The summed E-state index contributed by atoms with van der Waals surface area (Å²) < 4.78 is 10.1. The first-order valence-corrected chi connectivity index (χ1v) is 9.12. The first-order chi connectivity index (χ1) is 16.0. The zero-order valence-electron chi connectivity index (χ0n) is 16.3. The zero-order chi connectivity index (χ0) is 24.8. The van der Waals surface area contributed by atoms with Gasteiger partial charge in [-0.25, -0.2) is 14.4 Å². The topological polar surface area (TPSA) is 239 Å². The lowest BCUT2D eigenvalue weighted by Gasteiger charge is -2.17. The van der Waals surface area contributed by atoms with E-state index in [1.165, 1.54) is 0 Å². The standard InChI is InChI=1S/C21H10O13/c22-5-1-3(19(29)30)7(14(26)12(5)24)9-11-10-8-4(20(31)33-18(10)16(28)15(9)27)2-6(23)13(25)17(8)34-21(11)32/h1-2,22-28H,(H,29,30). The van der Waals surface area contributed by atoms with E-state index < -0.39 is 101 Å². The number of hydrogen-bond donors (Lipinski definition) is 8. The van der Waals surface area contributed by atoms with E-state index in [0.29, 0.717) is 6.07 Å². The summed E-state index contributed by atoms with van der Waals surface area (Å²) in [6.07, 6.45) is 0. The van der Waals surface area contributed by atoms with Crippen LogP contribution in [0, 0.1) is 0 Å². The summed E-state index contributed by atoms with van der Waals surface area (Å²) in [5.41, 5.74) is -6.64. The Morgan fingerprint density at radius 3 is 1.82 bits per heavy atom. The predicted octanol–water partition coefficient (Wildman–Crippen LogP) is 1.79. The molecule has 0 spiro atoms. The molecule has 3 aromatic carbocycles. The van der Waals surface area contributed by atoms with Gasteiger partial charge in [0.25, 0.3) is 0 Å². The number of carboxylic acid groups (broad SMARTS) is 1. The lowest BCUT2D eigenvalue weighted by atomic mass is 9.90. The predicted molar refractivity (Wildman–Crippen MR) is 111 cm³/mol. The van der Waals surface area contributed by atoms with Gasteiger partial charge < -0.3 is 49.7 Å². The molecule has 0 fully saturated rings. The van der Waals surface area contributed by atoms with Crippen molar-refractivity contribution >= 4 is 38.7 Å². The molecule has 34 heavy (non-hydrogen) atoms. The van der Waals surface area contributed by atoms with E-state index >= 15 is 0 Å². The molecule has 0 unspecified atom stereocenters. The summed E-state index contributed by atoms with van der Waals surface area (Å²) in [6, 6.07) is 1.31. The quantitative estimate of drug-likeness (QED) is 0.104. The normalized spacial score (nSPS) is 11.6. The van der Waals surface area contributed by atoms with Crippen LogP contribution in [0.25, 0.3) is 43.8 Å². The number of phenols is 7. The van der Waals surface area contributed by atoms with Crippen molar-refractivity contribution in [3.8, 4) is 51.4 Å². The second-order valence-corrected chi connectivity index (χ2v) is 7.25. The number of benzene rings is 3. The smallest absolute Gasteiger partial charge is 0.345 e. The van der Waals surface area contributed by atoms with Gasteiger partial charge in [0, 0.05) is 21.9 Å². The van der Waals surface area contributed by atoms with Crippen LogP contribution >= 0.6 is 0 Å². The van der Waals surface area contributed by atoms with E-state index in [2.05, 4.69) is 0 Å². The molecule has 5 rings (SSSR count). The van der Waals surface area contributed by atoms with E-state index in [9.17, 15) is 55.2 Å². The molecule has 5 aromatic rings. The third kappa shape index (κ3) is 2.34. The highest BCUT2D eigenvalue weighted by Crippen LogP contribution is 2.54. The van der Waals surface area contributed by atoms with Crippen molar-refractivity contribution in [2.24, 2.45) is 0 Å². The fourth-order valence-electron chi connectivity index (χ4n) is 3.99. The van der Waals surface area contributed by atoms with Crippen LogP contribution in [-0.4, -0.2) is 46.8 Å². The molecule has 0 atom stereocenters. The van der Waals surface area contributed by atoms with Gasteiger partial charge in [-0.1, -0.05) is 0 Å². The molecule has 0 saturated carbocycles. The Morgan fingerprint density at radius 1 is 0.618 bits per heavy atom. The highest BCUT2D eigenvalue weighted by molar-refractivity contribution is 6.26. The Bertz CT molecular complexity index is 1840. The molecule has 0 aliphatic carbocycles. The van der Waals surface area contributed by atoms with Crippen molar-refractivity contribution in [2.45, 2.75) is 0 Å². The lowest BCUT2D eigenvalue weighted by molar-refractivity contribution is 0.0696. The molecule has 13 heteroatoms. The first-order valence-electron chi connectivity index (χ1n) is 9.12. The monoisotopic (exact) mass is 470 g/mol. The van der Waals surface area contributed by atoms with Gasteiger partial charge in [0.15, 0.2) is 34.2 Å². The van der Waals surface area contributed by atoms with Crippen LogP contribution in [-0.2, 0) is 0 Å². The summed E-state index contributed by atoms with van der Waals surface area (Å²) in [5, 5.41) is 79.2.